The van der Waals surface area contributed by atoms with Gasteiger partial charge in [0.1, 0.15) is 18.1 Å². The van der Waals surface area contributed by atoms with Crippen molar-refractivity contribution in [3.63, 3.8) is 0 Å². The largest absolute Gasteiger partial charge is 0.381 e. The van der Waals surface area contributed by atoms with E-state index >= 15 is 0 Å². The highest BCUT2D eigenvalue weighted by Crippen LogP contribution is 2.41. The molecule has 2 aromatic heterocycles. The number of benzene rings is 1. The van der Waals surface area contributed by atoms with E-state index in [1.54, 1.807) is 0 Å². The quantitative estimate of drug-likeness (QED) is 0.196. The molecular weight excluding hydrogens is 570 g/mol. The third-order valence-corrected chi connectivity index (χ3v) is 11.0. The van der Waals surface area contributed by atoms with Crippen LogP contribution in [-0.4, -0.2) is 80.9 Å². The van der Waals surface area contributed by atoms with Gasteiger partial charge in [0, 0.05) is 58.4 Å². The van der Waals surface area contributed by atoms with Gasteiger partial charge in [0.2, 0.25) is 0 Å². The molecule has 1 aromatic carbocycles. The van der Waals surface area contributed by atoms with Crippen molar-refractivity contribution in [1.82, 2.24) is 14.5 Å². The maximum atomic E-state index is 10.1. The van der Waals surface area contributed by atoms with E-state index in [1.165, 1.54) is 11.3 Å². The fourth-order valence-electron chi connectivity index (χ4n) is 6.67. The van der Waals surface area contributed by atoms with Gasteiger partial charge in [0.05, 0.1) is 37.4 Å². The van der Waals surface area contributed by atoms with Gasteiger partial charge in [-0.3, -0.25) is 4.57 Å². The molecule has 3 aromatic rings. The smallest absolute Gasteiger partial charge is 0.162 e. The van der Waals surface area contributed by atoms with Gasteiger partial charge in [-0.05, 0) is 80.0 Å². The van der Waals surface area contributed by atoms with E-state index in [1.807, 2.05) is 6.20 Å². The summed E-state index contributed by atoms with van der Waals surface area (Å²) in [5, 5.41) is 10.1. The number of nitrogens with zero attached hydrogens (tertiary/aromatic N) is 5. The van der Waals surface area contributed by atoms with Crippen LogP contribution in [-0.2, 0) is 25.7 Å². The van der Waals surface area contributed by atoms with Gasteiger partial charge < -0.3 is 23.8 Å². The molecule has 0 radical (unpaired) electrons. The van der Waals surface area contributed by atoms with Gasteiger partial charge in [0.15, 0.2) is 5.65 Å². The van der Waals surface area contributed by atoms with E-state index in [0.29, 0.717) is 6.73 Å². The average Bonchev–Trinajstić information content (AvgIpc) is 3.42. The minimum Gasteiger partial charge on any atom is -0.381 e. The predicted molar refractivity (Wildman–Crippen MR) is 175 cm³/mol. The van der Waals surface area contributed by atoms with Crippen LogP contribution in [0.1, 0.15) is 43.6 Å². The summed E-state index contributed by atoms with van der Waals surface area (Å²) in [4.78, 5) is 12.5. The third kappa shape index (κ3) is 7.35. The Bertz CT molecular complexity index is 1420. The van der Waals surface area contributed by atoms with Gasteiger partial charge in [-0.15, -0.1) is 0 Å². The fourth-order valence-corrected chi connectivity index (χ4v) is 7.43. The molecule has 44 heavy (non-hydrogen) atoms. The molecule has 9 nitrogen and oxygen atoms in total. The van der Waals surface area contributed by atoms with E-state index in [4.69, 9.17) is 28.9 Å². The Hall–Kier alpha value is -2.81. The molecule has 2 saturated heterocycles. The monoisotopic (exact) mass is 617 g/mol. The summed E-state index contributed by atoms with van der Waals surface area (Å²) < 4.78 is 25.9. The van der Waals surface area contributed by atoms with Crippen LogP contribution in [0.5, 0.6) is 0 Å². The lowest BCUT2D eigenvalue weighted by Gasteiger charge is -2.36. The maximum Gasteiger partial charge on any atom is 0.162 e. The minimum atomic E-state index is -1.22. The minimum absolute atomic E-state index is 0.0189. The van der Waals surface area contributed by atoms with Crippen LogP contribution in [0, 0.1) is 17.2 Å². The van der Waals surface area contributed by atoms with Crippen molar-refractivity contribution in [1.29, 1.82) is 5.26 Å². The van der Waals surface area contributed by atoms with Crippen LogP contribution in [0.4, 0.5) is 5.69 Å². The number of hydrogen-bond acceptors (Lipinski definition) is 8. The second kappa shape index (κ2) is 14.1. The molecule has 0 bridgehead atoms. The number of imidazole rings is 1. The zero-order valence-corrected chi connectivity index (χ0v) is 27.5. The average molecular weight is 618 g/mol. The number of ether oxygens (including phenoxy) is 4. The summed E-state index contributed by atoms with van der Waals surface area (Å²) in [6.07, 6.45) is 6.52. The number of aromatic nitrogens is 3. The second-order valence-corrected chi connectivity index (χ2v) is 19.3. The van der Waals surface area contributed by atoms with Crippen LogP contribution in [0.3, 0.4) is 0 Å². The Balaban J connectivity index is 1.27. The number of anilines is 1. The van der Waals surface area contributed by atoms with Gasteiger partial charge in [0.25, 0.3) is 0 Å². The summed E-state index contributed by atoms with van der Waals surface area (Å²) in [6.45, 7) is 13.1. The molecule has 6 rings (SSSR count). The predicted octanol–water partition coefficient (Wildman–Crippen LogP) is 6.22. The molecule has 0 N–H and O–H groups in total. The van der Waals surface area contributed by atoms with Crippen LogP contribution in [0.15, 0.2) is 36.5 Å². The molecule has 3 unspecified atom stereocenters. The first-order chi connectivity index (χ1) is 21.4. The van der Waals surface area contributed by atoms with Gasteiger partial charge in [-0.25, -0.2) is 9.97 Å². The fraction of sp³-hybridized carbons (Fsp3) is 0.618. The molecule has 10 heteroatoms. The van der Waals surface area contributed by atoms with Crippen molar-refractivity contribution in [3.05, 3.63) is 42.1 Å². The Labute approximate surface area is 262 Å². The van der Waals surface area contributed by atoms with E-state index in [-0.39, 0.29) is 24.0 Å². The van der Waals surface area contributed by atoms with Crippen molar-refractivity contribution in [2.75, 3.05) is 51.0 Å². The zero-order valence-electron chi connectivity index (χ0n) is 26.5. The van der Waals surface area contributed by atoms with E-state index in [2.05, 4.69) is 65.5 Å². The summed E-state index contributed by atoms with van der Waals surface area (Å²) in [5.41, 5.74) is 5.18. The molecule has 3 fully saturated rings. The van der Waals surface area contributed by atoms with Crippen LogP contribution in [0.25, 0.3) is 22.6 Å². The lowest BCUT2D eigenvalue weighted by molar-refractivity contribution is -0.0909. The molecular formula is C34H47N5O4Si. The van der Waals surface area contributed by atoms with E-state index in [9.17, 15) is 5.26 Å². The first kappa shape index (κ1) is 31.2. The van der Waals surface area contributed by atoms with Crippen molar-refractivity contribution < 1.29 is 18.9 Å². The molecule has 2 aliphatic heterocycles. The number of pyridine rings is 1. The summed E-state index contributed by atoms with van der Waals surface area (Å²) >= 11 is 0. The summed E-state index contributed by atoms with van der Waals surface area (Å²) in [6, 6.07) is 14.5. The topological polar surface area (TPSA) is 94.7 Å². The van der Waals surface area contributed by atoms with Gasteiger partial charge in [-0.2, -0.15) is 5.26 Å². The molecule has 1 aliphatic carbocycles. The van der Waals surface area contributed by atoms with E-state index in [0.717, 1.165) is 107 Å². The number of fused-ring (bicyclic) bond motifs is 1. The van der Waals surface area contributed by atoms with Gasteiger partial charge >= 0.3 is 0 Å². The Morgan fingerprint density at radius 1 is 0.977 bits per heavy atom. The lowest BCUT2D eigenvalue weighted by Crippen LogP contribution is -2.36. The van der Waals surface area contributed by atoms with Crippen molar-refractivity contribution >= 4 is 24.9 Å². The molecule has 1 saturated carbocycles. The second-order valence-electron chi connectivity index (χ2n) is 13.7. The molecule has 4 heterocycles. The summed E-state index contributed by atoms with van der Waals surface area (Å²) in [5.74, 6) is 0.959. The number of nitriles is 1. The molecule has 0 spiro atoms. The number of hydrogen-bond donors (Lipinski definition) is 0. The molecule has 236 valence electrons. The van der Waals surface area contributed by atoms with Crippen molar-refractivity contribution in [3.8, 4) is 17.5 Å². The van der Waals surface area contributed by atoms with Crippen molar-refractivity contribution in [2.45, 2.75) is 82.6 Å². The Kier molecular flexibility index (Phi) is 9.98. The SMILES string of the molecule is C[Si](C)(C)CCOCn1c(-c2ccc(N3CCOCC3)cc2)nc2c(C3CCC(OC4CCOCC4)C(C#N)C3)ccnc21. The molecule has 0 amide bonds. The molecule has 3 aliphatic rings. The summed E-state index contributed by atoms with van der Waals surface area (Å²) in [7, 11) is -1.22. The van der Waals surface area contributed by atoms with Crippen molar-refractivity contribution in [2.24, 2.45) is 5.92 Å². The standard InChI is InChI=1S/C34H47N5O4Si/c1-44(2,3)21-20-42-24-39-33(25-4-7-28(8-5-25)38-14-18-41-19-15-38)37-32-30(10-13-36-34(32)39)26-6-9-31(27(22-26)23-35)43-29-11-16-40-17-12-29/h4-5,7-8,10,13,26-27,29,31H,6,9,11-12,14-22,24H2,1-3H3. The lowest BCUT2D eigenvalue weighted by atomic mass is 9.76. The van der Waals surface area contributed by atoms with Crippen LogP contribution in [0.2, 0.25) is 25.7 Å². The number of rotatable bonds is 10. The molecule has 3 atom stereocenters. The van der Waals surface area contributed by atoms with Crippen LogP contribution >= 0.6 is 0 Å². The first-order valence-electron chi connectivity index (χ1n) is 16.4. The third-order valence-electron chi connectivity index (χ3n) is 9.31. The Morgan fingerprint density at radius 2 is 1.73 bits per heavy atom. The highest BCUT2D eigenvalue weighted by Gasteiger charge is 2.35. The highest BCUT2D eigenvalue weighted by molar-refractivity contribution is 6.76. The normalized spacial score (nSPS) is 23.6. The first-order valence-corrected chi connectivity index (χ1v) is 20.1. The number of morpholine rings is 1. The van der Waals surface area contributed by atoms with Crippen LogP contribution < -0.4 is 4.90 Å². The Morgan fingerprint density at radius 3 is 2.45 bits per heavy atom. The zero-order chi connectivity index (χ0) is 30.5. The highest BCUT2D eigenvalue weighted by atomic mass is 28.3. The van der Waals surface area contributed by atoms with Gasteiger partial charge in [-0.1, -0.05) is 19.6 Å². The maximum absolute atomic E-state index is 10.1. The van der Waals surface area contributed by atoms with E-state index < -0.39 is 8.07 Å².